The van der Waals surface area contributed by atoms with Crippen molar-refractivity contribution in [1.29, 1.82) is 0 Å². The molecule has 2 aliphatic heterocycles. The molecule has 0 aliphatic carbocycles. The molecule has 0 radical (unpaired) electrons. The van der Waals surface area contributed by atoms with Gasteiger partial charge in [-0.3, -0.25) is 9.69 Å². The van der Waals surface area contributed by atoms with E-state index < -0.39 is 12.6 Å². The standard InChI is InChI=1S/C18H24F3N3O/c19-18(20,21)7-5-14-1-3-15(4-2-14)17(25)24-10-6-16(13-24)23-11-8-22-9-12-23/h1-4,16,22H,5-13H2. The molecule has 1 amide bonds. The largest absolute Gasteiger partial charge is 0.389 e. The minimum Gasteiger partial charge on any atom is -0.337 e. The monoisotopic (exact) mass is 355 g/mol. The molecule has 25 heavy (non-hydrogen) atoms. The number of likely N-dealkylation sites (tertiary alicyclic amines) is 1. The number of nitrogens with one attached hydrogen (secondary N) is 1. The SMILES string of the molecule is O=C(c1ccc(CCC(F)(F)F)cc1)N1CCC(N2CCNCC2)C1. The lowest BCUT2D eigenvalue weighted by atomic mass is 10.1. The number of benzene rings is 1. The summed E-state index contributed by atoms with van der Waals surface area (Å²) in [5, 5.41) is 3.33. The van der Waals surface area contributed by atoms with E-state index in [0.29, 0.717) is 17.2 Å². The van der Waals surface area contributed by atoms with Gasteiger partial charge in [0.15, 0.2) is 0 Å². The van der Waals surface area contributed by atoms with E-state index in [9.17, 15) is 18.0 Å². The maximum atomic E-state index is 12.6. The number of aryl methyl sites for hydroxylation is 1. The van der Waals surface area contributed by atoms with Gasteiger partial charge in [0, 0.05) is 57.3 Å². The molecule has 1 aromatic rings. The Kier molecular flexibility index (Phi) is 5.64. The fraction of sp³-hybridized carbons (Fsp3) is 0.611. The number of hydrogen-bond acceptors (Lipinski definition) is 3. The van der Waals surface area contributed by atoms with E-state index in [1.54, 1.807) is 24.3 Å². The van der Waals surface area contributed by atoms with Crippen LogP contribution >= 0.6 is 0 Å². The van der Waals surface area contributed by atoms with Crippen molar-refractivity contribution in [2.24, 2.45) is 0 Å². The summed E-state index contributed by atoms with van der Waals surface area (Å²) in [4.78, 5) is 16.9. The second kappa shape index (κ2) is 7.74. The summed E-state index contributed by atoms with van der Waals surface area (Å²) in [6.45, 7) is 5.48. The van der Waals surface area contributed by atoms with Crippen molar-refractivity contribution in [2.75, 3.05) is 39.3 Å². The van der Waals surface area contributed by atoms with E-state index >= 15 is 0 Å². The molecule has 0 saturated carbocycles. The first-order valence-electron chi connectivity index (χ1n) is 8.82. The van der Waals surface area contributed by atoms with Crippen molar-refractivity contribution in [3.05, 3.63) is 35.4 Å². The summed E-state index contributed by atoms with van der Waals surface area (Å²) in [5.41, 5.74) is 1.16. The Labute approximate surface area is 146 Å². The van der Waals surface area contributed by atoms with Crippen molar-refractivity contribution < 1.29 is 18.0 Å². The fourth-order valence-corrected chi connectivity index (χ4v) is 3.55. The molecule has 2 heterocycles. The molecule has 2 aliphatic rings. The molecular formula is C18H24F3N3O. The van der Waals surface area contributed by atoms with Gasteiger partial charge in [-0.2, -0.15) is 13.2 Å². The van der Waals surface area contributed by atoms with Crippen LogP contribution < -0.4 is 5.32 Å². The molecule has 0 aromatic heterocycles. The maximum absolute atomic E-state index is 12.6. The molecule has 1 N–H and O–H groups in total. The molecule has 4 nitrogen and oxygen atoms in total. The summed E-state index contributed by atoms with van der Waals surface area (Å²) in [6, 6.07) is 6.96. The molecule has 2 saturated heterocycles. The van der Waals surface area contributed by atoms with Crippen molar-refractivity contribution in [1.82, 2.24) is 15.1 Å². The minimum absolute atomic E-state index is 0.0278. The number of halogens is 3. The smallest absolute Gasteiger partial charge is 0.337 e. The third kappa shape index (κ3) is 4.95. The maximum Gasteiger partial charge on any atom is 0.389 e. The Bertz CT molecular complexity index is 582. The van der Waals surface area contributed by atoms with Gasteiger partial charge < -0.3 is 10.2 Å². The first kappa shape index (κ1) is 18.2. The normalized spacial score (nSPS) is 22.4. The molecule has 0 bridgehead atoms. The molecule has 3 rings (SSSR count). The highest BCUT2D eigenvalue weighted by molar-refractivity contribution is 5.94. The average molecular weight is 355 g/mol. The Hall–Kier alpha value is -1.60. The van der Waals surface area contributed by atoms with Gasteiger partial charge in [0.25, 0.3) is 5.91 Å². The quantitative estimate of drug-likeness (QED) is 0.900. The number of amides is 1. The van der Waals surface area contributed by atoms with Gasteiger partial charge in [-0.15, -0.1) is 0 Å². The number of carbonyl (C=O) groups is 1. The highest BCUT2D eigenvalue weighted by atomic mass is 19.4. The van der Waals surface area contributed by atoms with Gasteiger partial charge in [0.05, 0.1) is 0 Å². The Morgan fingerprint density at radius 2 is 1.80 bits per heavy atom. The number of carbonyl (C=O) groups excluding carboxylic acids is 1. The van der Waals surface area contributed by atoms with Crippen molar-refractivity contribution in [3.8, 4) is 0 Å². The molecule has 2 fully saturated rings. The van der Waals surface area contributed by atoms with Crippen molar-refractivity contribution in [3.63, 3.8) is 0 Å². The van der Waals surface area contributed by atoms with E-state index in [2.05, 4.69) is 10.2 Å². The van der Waals surface area contributed by atoms with Gasteiger partial charge >= 0.3 is 6.18 Å². The van der Waals surface area contributed by atoms with E-state index in [4.69, 9.17) is 0 Å². The van der Waals surface area contributed by atoms with Gasteiger partial charge in [-0.1, -0.05) is 12.1 Å². The van der Waals surface area contributed by atoms with Crippen LogP contribution in [0.5, 0.6) is 0 Å². The molecule has 1 unspecified atom stereocenters. The zero-order valence-electron chi connectivity index (χ0n) is 14.2. The Balaban J connectivity index is 1.54. The summed E-state index contributed by atoms with van der Waals surface area (Å²) >= 11 is 0. The summed E-state index contributed by atoms with van der Waals surface area (Å²) in [7, 11) is 0. The van der Waals surface area contributed by atoms with Crippen LogP contribution in [0.2, 0.25) is 0 Å². The van der Waals surface area contributed by atoms with E-state index in [0.717, 1.165) is 45.7 Å². The molecule has 7 heteroatoms. The second-order valence-electron chi connectivity index (χ2n) is 6.79. The minimum atomic E-state index is -4.15. The number of nitrogens with zero attached hydrogens (tertiary/aromatic N) is 2. The van der Waals surface area contributed by atoms with Crippen LogP contribution in [0.4, 0.5) is 13.2 Å². The van der Waals surface area contributed by atoms with Crippen LogP contribution in [0.15, 0.2) is 24.3 Å². The topological polar surface area (TPSA) is 35.6 Å². The fourth-order valence-electron chi connectivity index (χ4n) is 3.55. The summed E-state index contributed by atoms with van der Waals surface area (Å²) in [6.07, 6.45) is -4.05. The predicted molar refractivity (Wildman–Crippen MR) is 89.6 cm³/mol. The third-order valence-electron chi connectivity index (χ3n) is 5.02. The summed E-state index contributed by atoms with van der Waals surface area (Å²) < 4.78 is 36.8. The van der Waals surface area contributed by atoms with Crippen LogP contribution in [-0.2, 0) is 6.42 Å². The number of piperazine rings is 1. The van der Waals surface area contributed by atoms with E-state index in [-0.39, 0.29) is 12.3 Å². The van der Waals surface area contributed by atoms with Crippen molar-refractivity contribution >= 4 is 5.91 Å². The Morgan fingerprint density at radius 3 is 2.44 bits per heavy atom. The molecule has 138 valence electrons. The van der Waals surface area contributed by atoms with E-state index in [1.807, 2.05) is 4.90 Å². The van der Waals surface area contributed by atoms with Crippen molar-refractivity contribution in [2.45, 2.75) is 31.5 Å². The van der Waals surface area contributed by atoms with Crippen LogP contribution in [0.25, 0.3) is 0 Å². The van der Waals surface area contributed by atoms with Gasteiger partial charge in [0.2, 0.25) is 0 Å². The van der Waals surface area contributed by atoms with Gasteiger partial charge in [0.1, 0.15) is 0 Å². The first-order chi connectivity index (χ1) is 11.9. The number of hydrogen-bond donors (Lipinski definition) is 1. The zero-order valence-corrected chi connectivity index (χ0v) is 14.2. The molecular weight excluding hydrogens is 331 g/mol. The first-order valence-corrected chi connectivity index (χ1v) is 8.82. The average Bonchev–Trinajstić information content (AvgIpc) is 3.10. The Morgan fingerprint density at radius 1 is 1.12 bits per heavy atom. The third-order valence-corrected chi connectivity index (χ3v) is 5.02. The molecule has 0 spiro atoms. The van der Waals surface area contributed by atoms with Crippen LogP contribution in [0.3, 0.4) is 0 Å². The van der Waals surface area contributed by atoms with Gasteiger partial charge in [-0.05, 0) is 30.5 Å². The lowest BCUT2D eigenvalue weighted by molar-refractivity contribution is -0.134. The van der Waals surface area contributed by atoms with Crippen LogP contribution in [0.1, 0.15) is 28.8 Å². The lowest BCUT2D eigenvalue weighted by Gasteiger charge is -2.32. The summed E-state index contributed by atoms with van der Waals surface area (Å²) in [5.74, 6) is -0.0278. The lowest BCUT2D eigenvalue weighted by Crippen LogP contribution is -2.49. The number of alkyl halides is 3. The van der Waals surface area contributed by atoms with Crippen LogP contribution in [-0.4, -0.2) is 67.2 Å². The highest BCUT2D eigenvalue weighted by Gasteiger charge is 2.31. The zero-order chi connectivity index (χ0) is 17.9. The van der Waals surface area contributed by atoms with Crippen LogP contribution in [0, 0.1) is 0 Å². The van der Waals surface area contributed by atoms with Gasteiger partial charge in [-0.25, -0.2) is 0 Å². The second-order valence-corrected chi connectivity index (χ2v) is 6.79. The predicted octanol–water partition coefficient (Wildman–Crippen LogP) is 2.30. The molecule has 1 atom stereocenters. The number of rotatable bonds is 4. The highest BCUT2D eigenvalue weighted by Crippen LogP contribution is 2.23. The molecule has 1 aromatic carbocycles. The van der Waals surface area contributed by atoms with E-state index in [1.165, 1.54) is 0 Å².